The molecule has 0 spiro atoms. The van der Waals surface area contributed by atoms with Gasteiger partial charge in [-0.1, -0.05) is 30.3 Å². The number of aromatic nitrogens is 1. The van der Waals surface area contributed by atoms with Crippen molar-refractivity contribution in [2.45, 2.75) is 56.6 Å². The molecular formula is C25H30N2O4S. The van der Waals surface area contributed by atoms with Crippen LogP contribution in [0.5, 0.6) is 0 Å². The summed E-state index contributed by atoms with van der Waals surface area (Å²) in [4.78, 5) is 13.1. The number of carbonyl (C=O) groups is 1. The number of nitrogens with zero attached hydrogens (tertiary/aromatic N) is 1. The summed E-state index contributed by atoms with van der Waals surface area (Å²) in [6, 6.07) is 16.5. The zero-order valence-corrected chi connectivity index (χ0v) is 19.6. The summed E-state index contributed by atoms with van der Waals surface area (Å²) in [5, 5.41) is 0.891. The molecule has 1 aromatic heterocycles. The fourth-order valence-corrected chi connectivity index (χ4v) is 5.73. The molecule has 0 aliphatic heterocycles. The highest BCUT2D eigenvalue weighted by atomic mass is 32.2. The number of hydrogen-bond acceptors (Lipinski definition) is 4. The fraction of sp³-hybridized carbons (Fsp3) is 0.400. The summed E-state index contributed by atoms with van der Waals surface area (Å²) in [6.45, 7) is 3.79. The zero-order valence-electron chi connectivity index (χ0n) is 18.7. The van der Waals surface area contributed by atoms with E-state index in [1.807, 2.05) is 74.1 Å². The Balaban J connectivity index is 1.37. The van der Waals surface area contributed by atoms with E-state index in [1.165, 1.54) is 0 Å². The van der Waals surface area contributed by atoms with Gasteiger partial charge >= 0.3 is 5.97 Å². The van der Waals surface area contributed by atoms with Crippen molar-refractivity contribution in [1.29, 1.82) is 0 Å². The number of rotatable bonds is 6. The Morgan fingerprint density at radius 3 is 2.50 bits per heavy atom. The maximum atomic E-state index is 12.9. The van der Waals surface area contributed by atoms with Gasteiger partial charge in [-0.05, 0) is 69.4 Å². The van der Waals surface area contributed by atoms with Crippen LogP contribution in [0.1, 0.15) is 51.2 Å². The smallest absolute Gasteiger partial charge is 0.312 e. The van der Waals surface area contributed by atoms with Crippen LogP contribution in [0, 0.1) is 5.41 Å². The summed E-state index contributed by atoms with van der Waals surface area (Å²) in [6.07, 6.45) is 3.95. The average molecular weight is 455 g/mol. The van der Waals surface area contributed by atoms with Gasteiger partial charge in [0.25, 0.3) is 0 Å². The third-order valence-corrected chi connectivity index (χ3v) is 8.14. The molecule has 1 fully saturated rings. The molecule has 2 aromatic carbocycles. The van der Waals surface area contributed by atoms with Crippen molar-refractivity contribution >= 4 is 26.9 Å². The predicted octanol–water partition coefficient (Wildman–Crippen LogP) is 4.71. The lowest BCUT2D eigenvalue weighted by atomic mass is 9.74. The molecule has 1 heterocycles. The van der Waals surface area contributed by atoms with Crippen LogP contribution in [-0.2, 0) is 26.6 Å². The van der Waals surface area contributed by atoms with Gasteiger partial charge in [0.2, 0.25) is 10.0 Å². The van der Waals surface area contributed by atoms with Crippen molar-refractivity contribution < 1.29 is 17.9 Å². The lowest BCUT2D eigenvalue weighted by molar-refractivity contribution is -0.162. The number of benzene rings is 2. The first-order valence-corrected chi connectivity index (χ1v) is 12.5. The lowest BCUT2D eigenvalue weighted by Gasteiger charge is -2.36. The summed E-state index contributed by atoms with van der Waals surface area (Å²) >= 11 is 0. The van der Waals surface area contributed by atoms with Gasteiger partial charge in [-0.3, -0.25) is 4.79 Å². The minimum absolute atomic E-state index is 0.195. The molecule has 4 rings (SSSR count). The van der Waals surface area contributed by atoms with Gasteiger partial charge in [-0.15, -0.1) is 0 Å². The molecule has 1 aliphatic rings. The number of hydrogen-bond donors (Lipinski definition) is 1. The van der Waals surface area contributed by atoms with E-state index in [-0.39, 0.29) is 23.0 Å². The maximum absolute atomic E-state index is 12.9. The number of sulfonamides is 1. The van der Waals surface area contributed by atoms with E-state index in [2.05, 4.69) is 4.72 Å². The van der Waals surface area contributed by atoms with Crippen molar-refractivity contribution in [3.8, 4) is 0 Å². The summed E-state index contributed by atoms with van der Waals surface area (Å²) in [5.41, 5.74) is 1.34. The Bertz CT molecular complexity index is 1210. The largest absolute Gasteiger partial charge is 0.457 e. The molecule has 1 N–H and O–H groups in total. The molecule has 1 atom stereocenters. The normalized spacial score (nSPS) is 22.5. The lowest BCUT2D eigenvalue weighted by Crippen LogP contribution is -2.43. The van der Waals surface area contributed by atoms with Gasteiger partial charge in [0.15, 0.2) is 0 Å². The second-order valence-corrected chi connectivity index (χ2v) is 10.8. The van der Waals surface area contributed by atoms with Crippen molar-refractivity contribution in [3.05, 3.63) is 66.4 Å². The van der Waals surface area contributed by atoms with Crippen LogP contribution in [0.25, 0.3) is 10.9 Å². The van der Waals surface area contributed by atoms with E-state index >= 15 is 0 Å². The quantitative estimate of drug-likeness (QED) is 0.547. The minimum atomic E-state index is -3.63. The number of carbonyl (C=O) groups excluding carboxylic acids is 1. The SMILES string of the molecule is CC(OC(=O)C1(C)CCC(NS(=O)(=O)c2ccc3c(ccn3C)c2)CC1)c1ccccc1. The second-order valence-electron chi connectivity index (χ2n) is 9.06. The fourth-order valence-electron chi connectivity index (χ4n) is 4.39. The van der Waals surface area contributed by atoms with E-state index in [9.17, 15) is 13.2 Å². The van der Waals surface area contributed by atoms with Gasteiger partial charge in [-0.2, -0.15) is 0 Å². The highest BCUT2D eigenvalue weighted by Crippen LogP contribution is 2.39. The van der Waals surface area contributed by atoms with E-state index in [1.54, 1.807) is 12.1 Å². The molecule has 0 radical (unpaired) electrons. The minimum Gasteiger partial charge on any atom is -0.457 e. The maximum Gasteiger partial charge on any atom is 0.312 e. The molecule has 32 heavy (non-hydrogen) atoms. The summed E-state index contributed by atoms with van der Waals surface area (Å²) in [5.74, 6) is -0.218. The molecule has 0 amide bonds. The molecule has 1 saturated carbocycles. The first kappa shape index (κ1) is 22.6. The Kier molecular flexibility index (Phi) is 6.14. The molecule has 7 heteroatoms. The molecule has 0 bridgehead atoms. The highest BCUT2D eigenvalue weighted by molar-refractivity contribution is 7.89. The van der Waals surface area contributed by atoms with Gasteiger partial charge in [0.1, 0.15) is 6.10 Å². The Hall–Kier alpha value is -2.64. The number of nitrogens with one attached hydrogen (secondary N) is 1. The molecule has 170 valence electrons. The van der Waals surface area contributed by atoms with Gasteiger partial charge < -0.3 is 9.30 Å². The number of ether oxygens (including phenoxy) is 1. The van der Waals surface area contributed by atoms with E-state index in [0.29, 0.717) is 25.7 Å². The number of fused-ring (bicyclic) bond motifs is 1. The van der Waals surface area contributed by atoms with Gasteiger partial charge in [0, 0.05) is 30.2 Å². The van der Waals surface area contributed by atoms with E-state index in [4.69, 9.17) is 4.74 Å². The van der Waals surface area contributed by atoms with Crippen molar-refractivity contribution in [2.24, 2.45) is 12.5 Å². The van der Waals surface area contributed by atoms with Crippen molar-refractivity contribution in [1.82, 2.24) is 9.29 Å². The number of aryl methyl sites for hydroxylation is 1. The van der Waals surface area contributed by atoms with Crippen LogP contribution in [0.4, 0.5) is 0 Å². The monoisotopic (exact) mass is 454 g/mol. The molecule has 0 saturated heterocycles. The highest BCUT2D eigenvalue weighted by Gasteiger charge is 2.40. The van der Waals surface area contributed by atoms with Crippen LogP contribution >= 0.6 is 0 Å². The Morgan fingerprint density at radius 1 is 1.12 bits per heavy atom. The van der Waals surface area contributed by atoms with Crippen LogP contribution in [0.15, 0.2) is 65.7 Å². The standard InChI is InChI=1S/C25H30N2O4S/c1-18(19-7-5-4-6-8-19)31-24(28)25(2)14-11-21(12-15-25)26-32(29,30)22-9-10-23-20(17-22)13-16-27(23)3/h4-10,13,16-18,21,26H,11-12,14-15H2,1-3H3. The zero-order chi connectivity index (χ0) is 22.9. The third-order valence-electron chi connectivity index (χ3n) is 6.62. The van der Waals surface area contributed by atoms with Crippen LogP contribution < -0.4 is 4.72 Å². The van der Waals surface area contributed by atoms with Gasteiger partial charge in [-0.25, -0.2) is 13.1 Å². The van der Waals surface area contributed by atoms with Gasteiger partial charge in [0.05, 0.1) is 10.3 Å². The molecule has 3 aromatic rings. The third kappa shape index (κ3) is 4.59. The topological polar surface area (TPSA) is 77.4 Å². The predicted molar refractivity (Wildman–Crippen MR) is 125 cm³/mol. The molecule has 1 unspecified atom stereocenters. The van der Waals surface area contributed by atoms with E-state index in [0.717, 1.165) is 16.5 Å². The molecule has 6 nitrogen and oxygen atoms in total. The average Bonchev–Trinajstić information content (AvgIpc) is 3.16. The molecule has 1 aliphatic carbocycles. The number of esters is 1. The second kappa shape index (κ2) is 8.71. The summed E-state index contributed by atoms with van der Waals surface area (Å²) in [7, 11) is -1.70. The Labute approximate surface area is 189 Å². The van der Waals surface area contributed by atoms with Crippen molar-refractivity contribution in [3.63, 3.8) is 0 Å². The van der Waals surface area contributed by atoms with Crippen LogP contribution in [0.2, 0.25) is 0 Å². The summed E-state index contributed by atoms with van der Waals surface area (Å²) < 4.78 is 36.4. The van der Waals surface area contributed by atoms with Crippen LogP contribution in [-0.4, -0.2) is 25.0 Å². The van der Waals surface area contributed by atoms with E-state index < -0.39 is 15.4 Å². The van der Waals surface area contributed by atoms with Crippen LogP contribution in [0.3, 0.4) is 0 Å². The molecular weight excluding hydrogens is 424 g/mol. The van der Waals surface area contributed by atoms with Crippen molar-refractivity contribution in [2.75, 3.05) is 0 Å². The first-order valence-electron chi connectivity index (χ1n) is 11.0. The first-order chi connectivity index (χ1) is 15.2. The Morgan fingerprint density at radius 2 is 1.81 bits per heavy atom.